The zero-order valence-corrected chi connectivity index (χ0v) is 19.0. The van der Waals surface area contributed by atoms with E-state index in [1.54, 1.807) is 47.8 Å². The molecule has 4 rings (SSSR count). The van der Waals surface area contributed by atoms with Gasteiger partial charge in [-0.25, -0.2) is 4.98 Å². The van der Waals surface area contributed by atoms with Gasteiger partial charge in [0.1, 0.15) is 16.5 Å². The number of halogens is 1. The Bertz CT molecular complexity index is 1140. The van der Waals surface area contributed by atoms with Crippen molar-refractivity contribution in [1.29, 1.82) is 5.41 Å². The highest BCUT2D eigenvalue weighted by Gasteiger charge is 2.23. The van der Waals surface area contributed by atoms with Crippen molar-refractivity contribution in [1.82, 2.24) is 9.88 Å². The zero-order valence-electron chi connectivity index (χ0n) is 17.4. The van der Waals surface area contributed by atoms with Gasteiger partial charge in [-0.2, -0.15) is 0 Å². The first-order valence-corrected chi connectivity index (χ1v) is 11.5. The van der Waals surface area contributed by atoms with Crippen LogP contribution in [0.15, 0.2) is 54.0 Å². The van der Waals surface area contributed by atoms with Gasteiger partial charge in [0.2, 0.25) is 0 Å². The van der Waals surface area contributed by atoms with Crippen molar-refractivity contribution >= 4 is 52.1 Å². The van der Waals surface area contributed by atoms with Crippen molar-refractivity contribution in [2.24, 2.45) is 0 Å². The van der Waals surface area contributed by atoms with Crippen LogP contribution < -0.4 is 10.6 Å². The lowest BCUT2D eigenvalue weighted by molar-refractivity contribution is 0.102. The monoisotopic (exact) mass is 467 g/mol. The molecule has 2 aromatic heterocycles. The van der Waals surface area contributed by atoms with E-state index in [1.807, 2.05) is 0 Å². The molecule has 1 unspecified atom stereocenters. The lowest BCUT2D eigenvalue weighted by Crippen LogP contribution is -2.33. The number of carbonyl (C=O) groups is 2. The summed E-state index contributed by atoms with van der Waals surface area (Å²) < 4.78 is 0. The van der Waals surface area contributed by atoms with E-state index in [2.05, 4.69) is 27.4 Å². The number of aromatic nitrogens is 1. The summed E-state index contributed by atoms with van der Waals surface area (Å²) in [5.74, 6) is 0.160. The van der Waals surface area contributed by atoms with Crippen molar-refractivity contribution in [2.75, 3.05) is 17.2 Å². The minimum absolute atomic E-state index is 0.324. The van der Waals surface area contributed by atoms with Gasteiger partial charge in [-0.1, -0.05) is 23.7 Å². The second kappa shape index (κ2) is 9.50. The predicted molar refractivity (Wildman–Crippen MR) is 128 cm³/mol. The van der Waals surface area contributed by atoms with Gasteiger partial charge >= 0.3 is 0 Å². The maximum Gasteiger partial charge on any atom is 0.269 e. The summed E-state index contributed by atoms with van der Waals surface area (Å²) in [6.45, 7) is 3.01. The third-order valence-electron chi connectivity index (χ3n) is 5.35. The van der Waals surface area contributed by atoms with E-state index in [1.165, 1.54) is 17.5 Å². The Balaban J connectivity index is 1.42. The van der Waals surface area contributed by atoms with Crippen molar-refractivity contribution in [3.63, 3.8) is 0 Å². The second-order valence-corrected chi connectivity index (χ2v) is 8.90. The molecule has 0 bridgehead atoms. The maximum absolute atomic E-state index is 12.7. The van der Waals surface area contributed by atoms with Crippen LogP contribution in [-0.2, 0) is 0 Å². The quantitative estimate of drug-likeness (QED) is 0.358. The molecule has 0 spiro atoms. The molecule has 1 saturated heterocycles. The van der Waals surface area contributed by atoms with E-state index in [-0.39, 0.29) is 11.8 Å². The Morgan fingerprint density at radius 1 is 1.09 bits per heavy atom. The van der Waals surface area contributed by atoms with E-state index in [9.17, 15) is 9.59 Å². The van der Waals surface area contributed by atoms with E-state index in [0.717, 1.165) is 24.9 Å². The number of amidine groups is 1. The third kappa shape index (κ3) is 4.81. The predicted octanol–water partition coefficient (Wildman–Crippen LogP) is 5.11. The number of likely N-dealkylation sites (tertiary alicyclic amines) is 1. The maximum atomic E-state index is 12.7. The molecule has 3 heterocycles. The molecule has 9 heteroatoms. The first-order chi connectivity index (χ1) is 15.4. The number of rotatable bonds is 5. The molecule has 2 amide bonds. The first-order valence-electron chi connectivity index (χ1n) is 10.2. The van der Waals surface area contributed by atoms with E-state index >= 15 is 0 Å². The summed E-state index contributed by atoms with van der Waals surface area (Å²) in [6, 6.07) is 12.3. The number of thiophene rings is 1. The van der Waals surface area contributed by atoms with Gasteiger partial charge in [-0.15, -0.1) is 11.3 Å². The topological polar surface area (TPSA) is 98.2 Å². The number of hydrogen-bond acceptors (Lipinski definition) is 5. The molecule has 0 radical (unpaired) electrons. The van der Waals surface area contributed by atoms with Crippen LogP contribution >= 0.6 is 22.9 Å². The van der Waals surface area contributed by atoms with Gasteiger partial charge in [0.05, 0.1) is 10.7 Å². The summed E-state index contributed by atoms with van der Waals surface area (Å²) >= 11 is 7.04. The lowest BCUT2D eigenvalue weighted by Gasteiger charge is -2.24. The molecule has 32 heavy (non-hydrogen) atoms. The molecular weight excluding hydrogens is 446 g/mol. The van der Waals surface area contributed by atoms with Crippen LogP contribution in [0.2, 0.25) is 5.02 Å². The van der Waals surface area contributed by atoms with Crippen LogP contribution in [0.3, 0.4) is 0 Å². The highest BCUT2D eigenvalue weighted by Crippen LogP contribution is 2.25. The summed E-state index contributed by atoms with van der Waals surface area (Å²) in [5.41, 5.74) is 1.66. The number of nitrogens with zero attached hydrogens (tertiary/aromatic N) is 2. The molecule has 1 fully saturated rings. The number of benzene rings is 1. The molecule has 0 aliphatic carbocycles. The number of nitrogens with one attached hydrogen (secondary N) is 3. The van der Waals surface area contributed by atoms with Crippen LogP contribution in [0.5, 0.6) is 0 Å². The van der Waals surface area contributed by atoms with E-state index in [0.29, 0.717) is 38.8 Å². The second-order valence-electron chi connectivity index (χ2n) is 7.54. The van der Waals surface area contributed by atoms with Gasteiger partial charge in [0.25, 0.3) is 11.8 Å². The highest BCUT2D eigenvalue weighted by atomic mass is 35.5. The molecule has 1 atom stereocenters. The zero-order chi connectivity index (χ0) is 22.7. The minimum Gasteiger partial charge on any atom is -0.354 e. The Morgan fingerprint density at radius 2 is 1.84 bits per heavy atom. The Labute approximate surface area is 194 Å². The van der Waals surface area contributed by atoms with Crippen LogP contribution in [0.4, 0.5) is 11.5 Å². The molecule has 7 nitrogen and oxygen atoms in total. The molecular formula is C23H22ClN5O2S. The van der Waals surface area contributed by atoms with Crippen molar-refractivity contribution in [3.8, 4) is 0 Å². The van der Waals surface area contributed by atoms with Crippen LogP contribution in [0.1, 0.15) is 45.4 Å². The average Bonchev–Trinajstić information content (AvgIpc) is 3.44. The highest BCUT2D eigenvalue weighted by molar-refractivity contribution is 7.12. The fourth-order valence-corrected chi connectivity index (χ4v) is 4.47. The summed E-state index contributed by atoms with van der Waals surface area (Å²) in [5, 5.41) is 16.2. The van der Waals surface area contributed by atoms with Gasteiger partial charge in [-0.05, 0) is 55.5 Å². The SMILES string of the molecule is CC1CCCN1C(=N)c1ccc(C(=O)Nc2ccsc2C(=O)Nc2ccc(Cl)cn2)cc1. The van der Waals surface area contributed by atoms with Crippen LogP contribution in [0, 0.1) is 5.41 Å². The van der Waals surface area contributed by atoms with Crippen molar-refractivity contribution in [2.45, 2.75) is 25.8 Å². The summed E-state index contributed by atoms with van der Waals surface area (Å²) in [4.78, 5) is 31.9. The van der Waals surface area contributed by atoms with Crippen molar-refractivity contribution in [3.05, 3.63) is 75.1 Å². The van der Waals surface area contributed by atoms with Gasteiger partial charge < -0.3 is 15.5 Å². The molecule has 1 aliphatic heterocycles. The Morgan fingerprint density at radius 3 is 2.50 bits per heavy atom. The molecule has 3 N–H and O–H groups in total. The standard InChI is InChI=1S/C23H22ClN5O2S/c1-14-3-2-11-29(14)21(25)15-4-6-16(7-5-15)22(30)27-18-10-12-32-20(18)23(31)28-19-9-8-17(24)13-26-19/h4-10,12-14,25H,2-3,11H2,1H3,(H,27,30)(H,26,28,31). The fourth-order valence-electron chi connectivity index (χ4n) is 3.61. The van der Waals surface area contributed by atoms with Gasteiger partial charge in [-0.3, -0.25) is 15.0 Å². The number of carbonyl (C=O) groups excluding carboxylic acids is 2. The minimum atomic E-state index is -0.367. The van der Waals surface area contributed by atoms with E-state index < -0.39 is 0 Å². The lowest BCUT2D eigenvalue weighted by atomic mass is 10.1. The number of pyridine rings is 1. The first kappa shape index (κ1) is 22.0. The molecule has 1 aromatic carbocycles. The molecule has 1 aliphatic rings. The summed E-state index contributed by atoms with van der Waals surface area (Å²) in [6.07, 6.45) is 3.63. The Kier molecular flexibility index (Phi) is 6.53. The normalized spacial score (nSPS) is 15.4. The van der Waals surface area contributed by atoms with E-state index in [4.69, 9.17) is 17.0 Å². The van der Waals surface area contributed by atoms with Gasteiger partial charge in [0, 0.05) is 29.9 Å². The smallest absolute Gasteiger partial charge is 0.269 e. The molecule has 0 saturated carbocycles. The van der Waals surface area contributed by atoms with Crippen LogP contribution in [-0.4, -0.2) is 40.1 Å². The number of amides is 2. The van der Waals surface area contributed by atoms with Crippen LogP contribution in [0.25, 0.3) is 0 Å². The average molecular weight is 468 g/mol. The third-order valence-corrected chi connectivity index (χ3v) is 6.49. The largest absolute Gasteiger partial charge is 0.354 e. The molecule has 3 aromatic rings. The number of hydrogen-bond donors (Lipinski definition) is 3. The fraction of sp³-hybridized carbons (Fsp3) is 0.217. The van der Waals surface area contributed by atoms with Crippen molar-refractivity contribution < 1.29 is 9.59 Å². The molecule has 164 valence electrons. The summed E-state index contributed by atoms with van der Waals surface area (Å²) in [7, 11) is 0. The van der Waals surface area contributed by atoms with Gasteiger partial charge in [0.15, 0.2) is 0 Å². The number of anilines is 2. The Hall–Kier alpha value is -3.23.